The maximum absolute atomic E-state index is 12.0. The van der Waals surface area contributed by atoms with Gasteiger partial charge in [0.25, 0.3) is 0 Å². The summed E-state index contributed by atoms with van der Waals surface area (Å²) in [4.78, 5) is 2.00. The molecule has 1 aromatic heterocycles. The van der Waals surface area contributed by atoms with E-state index in [2.05, 4.69) is 9.28 Å². The van der Waals surface area contributed by atoms with Gasteiger partial charge in [-0.25, -0.2) is 0 Å². The van der Waals surface area contributed by atoms with Crippen LogP contribution in [-0.4, -0.2) is 21.4 Å². The first-order valence-corrected chi connectivity index (χ1v) is 11.1. The summed E-state index contributed by atoms with van der Waals surface area (Å²) in [5.41, 5.74) is 0.842. The number of aromatic nitrogens is 1. The Morgan fingerprint density at radius 1 is 1.04 bits per heavy atom. The molecule has 0 aliphatic rings. The molecule has 8 nitrogen and oxygen atoms in total. The first kappa shape index (κ1) is 20.9. The smallest absolute Gasteiger partial charge is 1.00 e. The molecule has 134 valence electrons. The number of fused-ring (bicyclic) bond motifs is 1. The zero-order valence-corrected chi connectivity index (χ0v) is 18.3. The number of hydrogen-bond acceptors (Lipinski definition) is 7. The monoisotopic (exact) mass is 423 g/mol. The molecule has 0 saturated carbocycles. The minimum atomic E-state index is -4.96. The third-order valence-electron chi connectivity index (χ3n) is 3.18. The maximum atomic E-state index is 12.0. The van der Waals surface area contributed by atoms with Gasteiger partial charge < -0.3 is 10.2 Å². The summed E-state index contributed by atoms with van der Waals surface area (Å²) in [7, 11) is -8.15. The molecule has 0 fully saturated rings. The van der Waals surface area contributed by atoms with Crippen molar-refractivity contribution in [2.45, 2.75) is 0 Å². The van der Waals surface area contributed by atoms with Gasteiger partial charge in [0.05, 0.1) is 10.2 Å². The average Bonchev–Trinajstić information content (AvgIpc) is 2.90. The van der Waals surface area contributed by atoms with Crippen LogP contribution in [0.1, 0.15) is 1.43 Å². The van der Waals surface area contributed by atoms with Gasteiger partial charge in [0.1, 0.15) is 5.75 Å². The average molecular weight is 423 g/mol. The van der Waals surface area contributed by atoms with E-state index in [1.807, 2.05) is 24.3 Å². The summed E-state index contributed by atoms with van der Waals surface area (Å²) in [5.74, 6) is -0.111. The molecule has 0 saturated heterocycles. The molecule has 0 spiro atoms. The second-order valence-corrected chi connectivity index (χ2v) is 10.5. The quantitative estimate of drug-likeness (QED) is 0.303. The number of benzene rings is 2. The standard InChI is InChI=1S/C14H13N3O5S3.Na.H/c1-17-12-9-5-6-10-13(12)23-14(17)15-16-24(18,19)25(20,21)22-11-7-3-2-4-8-11;;/h2-10,16H,1H3;;/q;+1;-1. The van der Waals surface area contributed by atoms with E-state index in [9.17, 15) is 16.8 Å². The number of thiazole rings is 1. The fourth-order valence-electron chi connectivity index (χ4n) is 1.97. The van der Waals surface area contributed by atoms with E-state index in [1.54, 1.807) is 22.5 Å². The van der Waals surface area contributed by atoms with Crippen LogP contribution in [0.3, 0.4) is 0 Å². The van der Waals surface area contributed by atoms with Crippen molar-refractivity contribution < 1.29 is 52.0 Å². The zero-order valence-electron chi connectivity index (χ0n) is 14.9. The SMILES string of the molecule is Cn1c(=NNS(=O)(=O)S(=O)(=O)Oc2ccccc2)sc2ccccc21.[H-].[Na+]. The van der Waals surface area contributed by atoms with Gasteiger partial charge in [-0.2, -0.15) is 21.7 Å². The number of para-hydroxylation sites is 2. The Kier molecular flexibility index (Phi) is 6.53. The minimum absolute atomic E-state index is 0. The second kappa shape index (κ2) is 8.11. The van der Waals surface area contributed by atoms with Crippen LogP contribution in [0.2, 0.25) is 0 Å². The molecule has 0 atom stereocenters. The van der Waals surface area contributed by atoms with E-state index in [4.69, 9.17) is 0 Å². The Morgan fingerprint density at radius 2 is 1.65 bits per heavy atom. The molecular weight excluding hydrogens is 409 g/mol. The molecular formula is C14H14N3NaO5S3. The molecule has 1 N–H and O–H groups in total. The van der Waals surface area contributed by atoms with Crippen molar-refractivity contribution in [3.63, 3.8) is 0 Å². The Hall–Kier alpha value is -1.37. The summed E-state index contributed by atoms with van der Waals surface area (Å²) >= 11 is 1.21. The van der Waals surface area contributed by atoms with Crippen molar-refractivity contribution in [2.75, 3.05) is 0 Å². The predicted octanol–water partition coefficient (Wildman–Crippen LogP) is -1.58. The minimum Gasteiger partial charge on any atom is -1.00 e. The summed E-state index contributed by atoms with van der Waals surface area (Å²) in [6.45, 7) is 0. The Bertz CT molecular complexity index is 1190. The molecule has 0 bridgehead atoms. The van der Waals surface area contributed by atoms with Crippen LogP contribution in [0.4, 0.5) is 0 Å². The van der Waals surface area contributed by atoms with Crippen molar-refractivity contribution in [2.24, 2.45) is 12.1 Å². The van der Waals surface area contributed by atoms with E-state index in [0.29, 0.717) is 4.80 Å². The fraction of sp³-hybridized carbons (Fsp3) is 0.0714. The van der Waals surface area contributed by atoms with Gasteiger partial charge >= 0.3 is 47.8 Å². The zero-order chi connectivity index (χ0) is 18.1. The van der Waals surface area contributed by atoms with E-state index in [0.717, 1.165) is 10.2 Å². The van der Waals surface area contributed by atoms with E-state index < -0.39 is 18.2 Å². The molecule has 0 aliphatic carbocycles. The van der Waals surface area contributed by atoms with Crippen molar-refractivity contribution in [3.8, 4) is 5.75 Å². The van der Waals surface area contributed by atoms with Crippen LogP contribution >= 0.6 is 11.3 Å². The van der Waals surface area contributed by atoms with Gasteiger partial charge in [-0.05, 0) is 24.3 Å². The topological polar surface area (TPSA) is 107 Å². The van der Waals surface area contributed by atoms with Crippen molar-refractivity contribution in [1.82, 2.24) is 9.40 Å². The number of rotatable bonds is 5. The van der Waals surface area contributed by atoms with E-state index in [-0.39, 0.29) is 36.7 Å². The van der Waals surface area contributed by atoms with Crippen LogP contribution in [-0.2, 0) is 25.3 Å². The van der Waals surface area contributed by atoms with Gasteiger partial charge in [-0.15, -0.1) is 5.10 Å². The van der Waals surface area contributed by atoms with Crippen molar-refractivity contribution >= 4 is 39.8 Å². The summed E-state index contributed by atoms with van der Waals surface area (Å²) < 4.78 is 55.1. The molecule has 2 aromatic carbocycles. The first-order valence-electron chi connectivity index (χ1n) is 6.90. The molecule has 1 heterocycles. The van der Waals surface area contributed by atoms with E-state index in [1.165, 1.54) is 35.6 Å². The molecule has 26 heavy (non-hydrogen) atoms. The Morgan fingerprint density at radius 3 is 2.31 bits per heavy atom. The molecule has 12 heteroatoms. The van der Waals surface area contributed by atoms with Crippen LogP contribution < -0.4 is 43.4 Å². The van der Waals surface area contributed by atoms with Crippen LogP contribution in [0.15, 0.2) is 59.7 Å². The second-order valence-electron chi connectivity index (χ2n) is 4.87. The van der Waals surface area contributed by atoms with Crippen molar-refractivity contribution in [1.29, 1.82) is 0 Å². The summed E-state index contributed by atoms with van der Waals surface area (Å²) in [6.07, 6.45) is 0. The number of hydrogen-bond donors (Lipinski definition) is 1. The van der Waals surface area contributed by atoms with Crippen LogP contribution in [0.5, 0.6) is 5.75 Å². The molecule has 3 rings (SSSR count). The molecule has 3 aromatic rings. The van der Waals surface area contributed by atoms with Crippen LogP contribution in [0.25, 0.3) is 10.2 Å². The first-order chi connectivity index (χ1) is 11.8. The van der Waals surface area contributed by atoms with Gasteiger partial charge in [0, 0.05) is 7.05 Å². The third-order valence-corrected chi connectivity index (χ3v) is 7.58. The Labute approximate surface area is 177 Å². The van der Waals surface area contributed by atoms with Gasteiger partial charge in [0.15, 0.2) is 0 Å². The van der Waals surface area contributed by atoms with E-state index >= 15 is 0 Å². The largest absolute Gasteiger partial charge is 1.00 e. The molecule has 0 unspecified atom stereocenters. The third kappa shape index (κ3) is 4.30. The van der Waals surface area contributed by atoms with Gasteiger partial charge in [-0.1, -0.05) is 41.7 Å². The summed E-state index contributed by atoms with van der Waals surface area (Å²) in [6, 6.07) is 14.7. The van der Waals surface area contributed by atoms with Crippen LogP contribution in [0, 0.1) is 0 Å². The number of aryl methyl sites for hydroxylation is 1. The number of nitrogens with zero attached hydrogens (tertiary/aromatic N) is 2. The fourth-order valence-corrected chi connectivity index (χ4v) is 4.62. The maximum Gasteiger partial charge on any atom is 1.00 e. The van der Waals surface area contributed by atoms with Gasteiger partial charge in [-0.3, -0.25) is 0 Å². The molecule has 0 radical (unpaired) electrons. The number of nitrogens with one attached hydrogen (secondary N) is 1. The van der Waals surface area contributed by atoms with Crippen molar-refractivity contribution in [3.05, 3.63) is 59.4 Å². The molecule has 0 aliphatic heterocycles. The normalized spacial score (nSPS) is 12.6. The Balaban J connectivity index is 0.00000182. The van der Waals surface area contributed by atoms with Gasteiger partial charge in [0.2, 0.25) is 4.80 Å². The predicted molar refractivity (Wildman–Crippen MR) is 95.5 cm³/mol. The molecule has 0 amide bonds. The summed E-state index contributed by atoms with van der Waals surface area (Å²) in [5, 5.41) is 3.71.